The van der Waals surface area contributed by atoms with E-state index in [-0.39, 0.29) is 35.9 Å². The van der Waals surface area contributed by atoms with Gasteiger partial charge in [-0.3, -0.25) is 4.79 Å². The van der Waals surface area contributed by atoms with Crippen molar-refractivity contribution in [3.8, 4) is 0 Å². The van der Waals surface area contributed by atoms with E-state index in [9.17, 15) is 17.6 Å². The summed E-state index contributed by atoms with van der Waals surface area (Å²) in [6, 6.07) is 10.4. The number of carbonyl (C=O) groups is 1. The first-order valence-electron chi connectivity index (χ1n) is 11.5. The Bertz CT molecular complexity index is 1080. The number of anilines is 2. The van der Waals surface area contributed by atoms with Gasteiger partial charge in [0.05, 0.1) is 11.0 Å². The number of nitrogens with one attached hydrogen (secondary N) is 1. The molecule has 1 saturated heterocycles. The van der Waals surface area contributed by atoms with Crippen molar-refractivity contribution in [2.45, 2.75) is 50.7 Å². The Morgan fingerprint density at radius 3 is 2.47 bits per heavy atom. The first kappa shape index (κ1) is 26.1. The zero-order valence-electron chi connectivity index (χ0n) is 20.3. The number of carbonyl (C=O) groups excluding carboxylic acids is 1. The molecule has 186 valence electrons. The van der Waals surface area contributed by atoms with Gasteiger partial charge in [-0.15, -0.1) is 0 Å². The van der Waals surface area contributed by atoms with Crippen molar-refractivity contribution < 1.29 is 22.3 Å². The summed E-state index contributed by atoms with van der Waals surface area (Å²) in [6.07, 6.45) is 1.86. The molecular weight excluding hydrogens is 457 g/mol. The Hall–Kier alpha value is -2.49. The summed E-state index contributed by atoms with van der Waals surface area (Å²) in [6.45, 7) is 4.83. The molecule has 0 saturated carbocycles. The van der Waals surface area contributed by atoms with E-state index in [0.29, 0.717) is 18.7 Å². The normalized spacial score (nSPS) is 16.3. The number of amides is 1. The lowest BCUT2D eigenvalue weighted by Gasteiger charge is -2.27. The number of halogens is 1. The fourth-order valence-electron chi connectivity index (χ4n) is 4.02. The molecule has 0 aromatic heterocycles. The zero-order chi connectivity index (χ0) is 24.9. The molecule has 2 aromatic rings. The Morgan fingerprint density at radius 1 is 1.18 bits per heavy atom. The van der Waals surface area contributed by atoms with Crippen LogP contribution in [-0.2, 0) is 26.1 Å². The van der Waals surface area contributed by atoms with Crippen LogP contribution in [0.2, 0.25) is 0 Å². The van der Waals surface area contributed by atoms with Gasteiger partial charge in [-0.05, 0) is 66.8 Å². The number of benzene rings is 2. The number of nitrogens with zero attached hydrogens (tertiary/aromatic N) is 2. The van der Waals surface area contributed by atoms with Gasteiger partial charge in [0.2, 0.25) is 15.9 Å². The maximum absolute atomic E-state index is 13.6. The molecule has 34 heavy (non-hydrogen) atoms. The Morgan fingerprint density at radius 2 is 1.88 bits per heavy atom. The summed E-state index contributed by atoms with van der Waals surface area (Å²) >= 11 is 0. The predicted molar refractivity (Wildman–Crippen MR) is 132 cm³/mol. The average Bonchev–Trinajstić information content (AvgIpc) is 3.26. The highest BCUT2D eigenvalue weighted by molar-refractivity contribution is 7.89. The second kappa shape index (κ2) is 11.3. The summed E-state index contributed by atoms with van der Waals surface area (Å²) in [5.41, 5.74) is 2.20. The van der Waals surface area contributed by atoms with Crippen LogP contribution in [0.4, 0.5) is 15.8 Å². The van der Waals surface area contributed by atoms with Crippen LogP contribution in [-0.4, -0.2) is 52.0 Å². The second-order valence-electron chi connectivity index (χ2n) is 9.27. The number of ether oxygens (including phenoxy) is 1. The molecule has 1 unspecified atom stereocenters. The van der Waals surface area contributed by atoms with Crippen LogP contribution in [0.3, 0.4) is 0 Å². The first-order chi connectivity index (χ1) is 16.1. The highest BCUT2D eigenvalue weighted by Gasteiger charge is 2.30. The van der Waals surface area contributed by atoms with Crippen molar-refractivity contribution in [1.82, 2.24) is 4.31 Å². The van der Waals surface area contributed by atoms with Crippen molar-refractivity contribution in [2.24, 2.45) is 5.92 Å². The van der Waals surface area contributed by atoms with E-state index in [1.54, 1.807) is 0 Å². The number of hydrogen-bond acceptors (Lipinski definition) is 5. The highest BCUT2D eigenvalue weighted by Crippen LogP contribution is 2.28. The SMILES string of the molecule is CC(C)CC(=O)Nc1ccc(N(C)C)c(CN(CC2CCCO2)S(=O)(=O)c2ccc(F)cc2)c1. The molecule has 0 spiro atoms. The van der Waals surface area contributed by atoms with Crippen molar-refractivity contribution in [2.75, 3.05) is 37.5 Å². The minimum absolute atomic E-state index is 0.0275. The smallest absolute Gasteiger partial charge is 0.243 e. The molecule has 1 atom stereocenters. The third-order valence-corrected chi connectivity index (χ3v) is 7.49. The van der Waals surface area contributed by atoms with Gasteiger partial charge in [0.1, 0.15) is 5.82 Å². The molecule has 3 rings (SSSR count). The molecule has 1 heterocycles. The van der Waals surface area contributed by atoms with Crippen LogP contribution in [0.25, 0.3) is 0 Å². The van der Waals surface area contributed by atoms with E-state index in [4.69, 9.17) is 4.74 Å². The minimum atomic E-state index is -3.92. The fraction of sp³-hybridized carbons (Fsp3) is 0.480. The monoisotopic (exact) mass is 491 g/mol. The molecule has 2 aromatic carbocycles. The van der Waals surface area contributed by atoms with Gasteiger partial charge in [-0.1, -0.05) is 13.8 Å². The molecule has 1 aliphatic heterocycles. The van der Waals surface area contributed by atoms with Gasteiger partial charge < -0.3 is 15.0 Å². The molecule has 0 radical (unpaired) electrons. The minimum Gasteiger partial charge on any atom is -0.377 e. The number of rotatable bonds is 10. The van der Waals surface area contributed by atoms with Crippen molar-refractivity contribution >= 4 is 27.3 Å². The second-order valence-corrected chi connectivity index (χ2v) is 11.2. The highest BCUT2D eigenvalue weighted by atomic mass is 32.2. The maximum Gasteiger partial charge on any atom is 0.243 e. The van der Waals surface area contributed by atoms with Crippen molar-refractivity contribution in [1.29, 1.82) is 0 Å². The molecule has 1 fully saturated rings. The van der Waals surface area contributed by atoms with E-state index < -0.39 is 15.8 Å². The lowest BCUT2D eigenvalue weighted by atomic mass is 10.1. The predicted octanol–water partition coefficient (Wildman–Crippen LogP) is 4.25. The average molecular weight is 492 g/mol. The molecular formula is C25H34FN3O4S. The Balaban J connectivity index is 1.95. The summed E-state index contributed by atoms with van der Waals surface area (Å²) in [7, 11) is -0.150. The summed E-state index contributed by atoms with van der Waals surface area (Å²) < 4.78 is 47.7. The number of sulfonamides is 1. The van der Waals surface area contributed by atoms with E-state index in [0.717, 1.165) is 36.2 Å². The van der Waals surface area contributed by atoms with Crippen LogP contribution in [0, 0.1) is 11.7 Å². The van der Waals surface area contributed by atoms with Crippen molar-refractivity contribution in [3.05, 3.63) is 53.8 Å². The van der Waals surface area contributed by atoms with E-state index >= 15 is 0 Å². The van der Waals surface area contributed by atoms with Crippen LogP contribution in [0.15, 0.2) is 47.4 Å². The third kappa shape index (κ3) is 6.77. The number of hydrogen-bond donors (Lipinski definition) is 1. The Labute approximate surface area is 201 Å². The Kier molecular flexibility index (Phi) is 8.67. The standard InChI is InChI=1S/C25H34FN3O4S/c1-18(2)14-25(30)27-21-9-12-24(28(3)4)19(15-21)16-29(17-22-6-5-13-33-22)34(31,32)23-10-7-20(26)8-11-23/h7-12,15,18,22H,5-6,13-14,16-17H2,1-4H3,(H,27,30). The molecule has 7 nitrogen and oxygen atoms in total. The van der Waals surface area contributed by atoms with Crippen LogP contribution in [0.1, 0.15) is 38.7 Å². The van der Waals surface area contributed by atoms with Gasteiger partial charge in [-0.2, -0.15) is 4.31 Å². The molecule has 0 aliphatic carbocycles. The lowest BCUT2D eigenvalue weighted by molar-refractivity contribution is -0.116. The van der Waals surface area contributed by atoms with Gasteiger partial charge in [0.15, 0.2) is 0 Å². The van der Waals surface area contributed by atoms with E-state index in [2.05, 4.69) is 5.32 Å². The summed E-state index contributed by atoms with van der Waals surface area (Å²) in [5.74, 6) is -0.360. The zero-order valence-corrected chi connectivity index (χ0v) is 21.1. The fourth-order valence-corrected chi connectivity index (χ4v) is 5.47. The summed E-state index contributed by atoms with van der Waals surface area (Å²) in [5, 5.41) is 2.91. The maximum atomic E-state index is 13.6. The van der Waals surface area contributed by atoms with Crippen molar-refractivity contribution in [3.63, 3.8) is 0 Å². The van der Waals surface area contributed by atoms with Gasteiger partial charge in [0.25, 0.3) is 0 Å². The topological polar surface area (TPSA) is 79.0 Å². The van der Waals surface area contributed by atoms with Crippen LogP contribution in [0.5, 0.6) is 0 Å². The molecule has 1 aliphatic rings. The third-order valence-electron chi connectivity index (χ3n) is 5.67. The summed E-state index contributed by atoms with van der Waals surface area (Å²) in [4.78, 5) is 14.2. The molecule has 1 amide bonds. The quantitative estimate of drug-likeness (QED) is 0.538. The van der Waals surface area contributed by atoms with Crippen LogP contribution >= 0.6 is 0 Å². The molecule has 0 bridgehead atoms. The van der Waals surface area contributed by atoms with Gasteiger partial charge in [-0.25, -0.2) is 12.8 Å². The van der Waals surface area contributed by atoms with E-state index in [1.165, 1.54) is 16.4 Å². The van der Waals surface area contributed by atoms with Gasteiger partial charge >= 0.3 is 0 Å². The van der Waals surface area contributed by atoms with Gasteiger partial charge in [0, 0.05) is 51.6 Å². The molecule has 9 heteroatoms. The first-order valence-corrected chi connectivity index (χ1v) is 13.0. The lowest BCUT2D eigenvalue weighted by Crippen LogP contribution is -2.37. The van der Waals surface area contributed by atoms with Crippen LogP contribution < -0.4 is 10.2 Å². The largest absolute Gasteiger partial charge is 0.377 e. The molecule has 1 N–H and O–H groups in total. The van der Waals surface area contributed by atoms with E-state index in [1.807, 2.05) is 51.0 Å².